The summed E-state index contributed by atoms with van der Waals surface area (Å²) in [6.45, 7) is 2.79. The first-order valence-electron chi connectivity index (χ1n) is 4.51. The first-order chi connectivity index (χ1) is 6.79. The molecule has 1 aromatic rings. The van der Waals surface area contributed by atoms with Crippen LogP contribution in [0.2, 0.25) is 0 Å². The monoisotopic (exact) mass is 210 g/mol. The molecule has 3 nitrogen and oxygen atoms in total. The van der Waals surface area contributed by atoms with Gasteiger partial charge in [-0.15, -0.1) is 0 Å². The van der Waals surface area contributed by atoms with E-state index in [4.69, 9.17) is 17.0 Å². The van der Waals surface area contributed by atoms with E-state index in [1.807, 2.05) is 25.1 Å². The average molecular weight is 210 g/mol. The zero-order valence-corrected chi connectivity index (χ0v) is 9.17. The van der Waals surface area contributed by atoms with Crippen LogP contribution in [0.3, 0.4) is 0 Å². The van der Waals surface area contributed by atoms with Crippen molar-refractivity contribution in [3.05, 3.63) is 30.1 Å². The van der Waals surface area contributed by atoms with E-state index in [1.165, 1.54) is 0 Å². The molecule has 0 aliphatic heterocycles. The zero-order valence-electron chi connectivity index (χ0n) is 8.36. The number of nitrogens with zero attached hydrogens (tertiary/aromatic N) is 1. The van der Waals surface area contributed by atoms with E-state index in [2.05, 4.69) is 10.3 Å². The number of likely N-dealkylation sites (N-methyl/N-ethyl adjacent to an activating group) is 1. The Balaban J connectivity index is 2.77. The second-order valence-electron chi connectivity index (χ2n) is 2.76. The third-order valence-electron chi connectivity index (χ3n) is 1.78. The van der Waals surface area contributed by atoms with Crippen LogP contribution in [0.25, 0.3) is 0 Å². The summed E-state index contributed by atoms with van der Waals surface area (Å²) in [5.74, 6) is 0. The van der Waals surface area contributed by atoms with Gasteiger partial charge in [-0.2, -0.15) is 0 Å². The number of rotatable bonds is 4. The fourth-order valence-corrected chi connectivity index (χ4v) is 1.52. The molecule has 0 aliphatic carbocycles. The minimum Gasteiger partial charge on any atom is -0.377 e. The molecule has 76 valence electrons. The molecule has 1 N–H and O–H groups in total. The second kappa shape index (κ2) is 5.67. The van der Waals surface area contributed by atoms with Crippen molar-refractivity contribution in [1.29, 1.82) is 0 Å². The van der Waals surface area contributed by atoms with Crippen molar-refractivity contribution in [1.82, 2.24) is 10.3 Å². The minimum atomic E-state index is -0.244. The number of methoxy groups -OCH3 is 1. The molecule has 1 rings (SSSR count). The maximum atomic E-state index is 5.28. The Hall–Kier alpha value is -1.00. The molecular formula is C10H14N2OS. The van der Waals surface area contributed by atoms with Crippen LogP contribution in [0.4, 0.5) is 0 Å². The molecule has 1 aromatic heterocycles. The van der Waals surface area contributed by atoms with Crippen molar-refractivity contribution in [3.8, 4) is 0 Å². The number of thiocarbonyl (C=S) groups is 1. The first kappa shape index (κ1) is 11.1. The van der Waals surface area contributed by atoms with Gasteiger partial charge in [-0.25, -0.2) is 0 Å². The summed E-state index contributed by atoms with van der Waals surface area (Å²) in [5, 5.41) is 3.06. The number of ether oxygens (including phenoxy) is 1. The van der Waals surface area contributed by atoms with Crippen LogP contribution >= 0.6 is 12.2 Å². The van der Waals surface area contributed by atoms with Gasteiger partial charge >= 0.3 is 0 Å². The third-order valence-corrected chi connectivity index (χ3v) is 2.14. The Morgan fingerprint density at radius 2 is 2.43 bits per heavy atom. The Bertz CT molecular complexity index is 289. The number of pyridine rings is 1. The van der Waals surface area contributed by atoms with Crippen LogP contribution < -0.4 is 5.32 Å². The fourth-order valence-electron chi connectivity index (χ4n) is 1.16. The van der Waals surface area contributed by atoms with E-state index in [-0.39, 0.29) is 6.10 Å². The van der Waals surface area contributed by atoms with Crippen molar-refractivity contribution in [2.45, 2.75) is 13.0 Å². The Morgan fingerprint density at radius 3 is 2.93 bits per heavy atom. The molecule has 0 fully saturated rings. The predicted octanol–water partition coefficient (Wildman–Crippen LogP) is 1.71. The Kier molecular flexibility index (Phi) is 4.49. The van der Waals surface area contributed by atoms with Crippen LogP contribution in [0, 0.1) is 0 Å². The quantitative estimate of drug-likeness (QED) is 0.767. The molecule has 0 spiro atoms. The van der Waals surface area contributed by atoms with E-state index >= 15 is 0 Å². The lowest BCUT2D eigenvalue weighted by atomic mass is 10.2. The van der Waals surface area contributed by atoms with Crippen molar-refractivity contribution in [3.63, 3.8) is 0 Å². The molecule has 1 atom stereocenters. The molecule has 1 heterocycles. The number of aromatic nitrogens is 1. The number of nitrogens with one attached hydrogen (secondary N) is 1. The lowest BCUT2D eigenvalue weighted by Crippen LogP contribution is -2.28. The van der Waals surface area contributed by atoms with E-state index < -0.39 is 0 Å². The van der Waals surface area contributed by atoms with Crippen LogP contribution in [0.1, 0.15) is 18.7 Å². The normalized spacial score (nSPS) is 12.1. The van der Waals surface area contributed by atoms with Gasteiger partial charge in [0.05, 0.1) is 5.69 Å². The lowest BCUT2D eigenvalue weighted by molar-refractivity contribution is 0.153. The Labute approximate surface area is 89.5 Å². The van der Waals surface area contributed by atoms with E-state index in [0.29, 0.717) is 4.99 Å². The molecule has 0 amide bonds. The molecule has 0 saturated carbocycles. The molecular weight excluding hydrogens is 196 g/mol. The first-order valence-corrected chi connectivity index (χ1v) is 4.91. The number of hydrogen-bond acceptors (Lipinski definition) is 3. The van der Waals surface area contributed by atoms with Gasteiger partial charge in [0.2, 0.25) is 0 Å². The maximum absolute atomic E-state index is 5.28. The van der Waals surface area contributed by atoms with Crippen molar-refractivity contribution in [2.75, 3.05) is 13.7 Å². The highest BCUT2D eigenvalue weighted by Crippen LogP contribution is 2.14. The molecule has 0 radical (unpaired) electrons. The van der Waals surface area contributed by atoms with Gasteiger partial charge in [0.15, 0.2) is 0 Å². The van der Waals surface area contributed by atoms with Crippen LogP contribution in [-0.2, 0) is 4.74 Å². The molecule has 1 unspecified atom stereocenters. The van der Waals surface area contributed by atoms with Crippen LogP contribution in [-0.4, -0.2) is 23.6 Å². The highest BCUT2D eigenvalue weighted by atomic mass is 32.1. The van der Waals surface area contributed by atoms with E-state index in [1.54, 1.807) is 13.3 Å². The lowest BCUT2D eigenvalue weighted by Gasteiger charge is -2.16. The molecule has 0 saturated heterocycles. The van der Waals surface area contributed by atoms with Crippen molar-refractivity contribution >= 4 is 17.2 Å². The zero-order chi connectivity index (χ0) is 10.4. The summed E-state index contributed by atoms with van der Waals surface area (Å²) in [6, 6.07) is 5.69. The topological polar surface area (TPSA) is 34.1 Å². The van der Waals surface area contributed by atoms with E-state index in [9.17, 15) is 0 Å². The van der Waals surface area contributed by atoms with Gasteiger partial charge in [0.25, 0.3) is 0 Å². The van der Waals surface area contributed by atoms with E-state index in [0.717, 1.165) is 12.2 Å². The summed E-state index contributed by atoms with van der Waals surface area (Å²) in [4.78, 5) is 4.88. The average Bonchev–Trinajstić information content (AvgIpc) is 2.21. The molecule has 0 aromatic carbocycles. The minimum absolute atomic E-state index is 0.244. The van der Waals surface area contributed by atoms with Gasteiger partial charge in [-0.3, -0.25) is 4.98 Å². The smallest absolute Gasteiger partial charge is 0.149 e. The summed E-state index contributed by atoms with van der Waals surface area (Å²) in [6.07, 6.45) is 1.49. The van der Waals surface area contributed by atoms with Gasteiger partial charge in [0, 0.05) is 19.9 Å². The molecule has 0 bridgehead atoms. The second-order valence-corrected chi connectivity index (χ2v) is 3.20. The summed E-state index contributed by atoms with van der Waals surface area (Å²) < 4.78 is 5.28. The van der Waals surface area contributed by atoms with Crippen LogP contribution in [0.15, 0.2) is 24.4 Å². The third kappa shape index (κ3) is 2.75. The van der Waals surface area contributed by atoms with Crippen molar-refractivity contribution in [2.24, 2.45) is 0 Å². The van der Waals surface area contributed by atoms with Gasteiger partial charge < -0.3 is 10.1 Å². The molecule has 14 heavy (non-hydrogen) atoms. The van der Waals surface area contributed by atoms with Gasteiger partial charge in [-0.1, -0.05) is 18.3 Å². The largest absolute Gasteiger partial charge is 0.377 e. The highest BCUT2D eigenvalue weighted by Gasteiger charge is 2.15. The Morgan fingerprint density at radius 1 is 1.64 bits per heavy atom. The summed E-state index contributed by atoms with van der Waals surface area (Å²) in [5.41, 5.74) is 0.834. The number of hydrogen-bond donors (Lipinski definition) is 1. The van der Waals surface area contributed by atoms with Crippen molar-refractivity contribution < 1.29 is 4.74 Å². The van der Waals surface area contributed by atoms with Gasteiger partial charge in [-0.05, 0) is 19.1 Å². The summed E-state index contributed by atoms with van der Waals surface area (Å²) >= 11 is 5.18. The van der Waals surface area contributed by atoms with Crippen LogP contribution in [0.5, 0.6) is 0 Å². The fraction of sp³-hybridized carbons (Fsp3) is 0.400. The summed E-state index contributed by atoms with van der Waals surface area (Å²) in [7, 11) is 1.63. The SMILES string of the molecule is CCNC(=S)C(OC)c1ccccn1. The predicted molar refractivity (Wildman–Crippen MR) is 60.3 cm³/mol. The highest BCUT2D eigenvalue weighted by molar-refractivity contribution is 7.80. The van der Waals surface area contributed by atoms with Gasteiger partial charge in [0.1, 0.15) is 11.1 Å². The maximum Gasteiger partial charge on any atom is 0.149 e. The molecule has 0 aliphatic rings. The standard InChI is InChI=1S/C10H14N2OS/c1-3-11-10(14)9(13-2)8-6-4-5-7-12-8/h4-7,9H,3H2,1-2H3,(H,11,14). The molecule has 4 heteroatoms.